The van der Waals surface area contributed by atoms with Gasteiger partial charge in [0, 0.05) is 19.6 Å². The summed E-state index contributed by atoms with van der Waals surface area (Å²) in [5, 5.41) is 1.20. The summed E-state index contributed by atoms with van der Waals surface area (Å²) in [6.45, 7) is 2.38. The van der Waals surface area contributed by atoms with Crippen LogP contribution >= 0.6 is 23.2 Å². The monoisotopic (exact) mass is 232 g/mol. The van der Waals surface area contributed by atoms with Crippen LogP contribution in [0.4, 0.5) is 0 Å². The molecule has 0 saturated carbocycles. The summed E-state index contributed by atoms with van der Waals surface area (Å²) in [5.74, 6) is 0. The molecule has 0 unspecified atom stereocenters. The van der Waals surface area contributed by atoms with Crippen LogP contribution in [0.25, 0.3) is 0 Å². The molecule has 14 heavy (non-hydrogen) atoms. The third-order valence-corrected chi connectivity index (χ3v) is 2.69. The van der Waals surface area contributed by atoms with Gasteiger partial charge in [-0.25, -0.2) is 0 Å². The molecule has 0 atom stereocenters. The van der Waals surface area contributed by atoms with E-state index in [-0.39, 0.29) is 0 Å². The van der Waals surface area contributed by atoms with E-state index in [0.717, 1.165) is 18.7 Å². The zero-order valence-electron chi connectivity index (χ0n) is 8.13. The van der Waals surface area contributed by atoms with Crippen LogP contribution in [0, 0.1) is 0 Å². The number of nitrogens with zero attached hydrogens (tertiary/aromatic N) is 1. The minimum Gasteiger partial charge on any atom is -0.329 e. The third kappa shape index (κ3) is 3.46. The maximum absolute atomic E-state index is 5.90. The van der Waals surface area contributed by atoms with Gasteiger partial charge in [0.15, 0.2) is 0 Å². The predicted octanol–water partition coefficient (Wildman–Crippen LogP) is 2.38. The molecular formula is C10H14Cl2N2. The van der Waals surface area contributed by atoms with Gasteiger partial charge in [0.05, 0.1) is 10.0 Å². The van der Waals surface area contributed by atoms with Gasteiger partial charge in [-0.2, -0.15) is 0 Å². The Morgan fingerprint density at radius 1 is 1.29 bits per heavy atom. The number of likely N-dealkylation sites (N-methyl/N-ethyl adjacent to an activating group) is 1. The van der Waals surface area contributed by atoms with Crippen molar-refractivity contribution in [3.63, 3.8) is 0 Å². The largest absolute Gasteiger partial charge is 0.329 e. The number of halogens is 2. The van der Waals surface area contributed by atoms with E-state index in [0.29, 0.717) is 16.6 Å². The van der Waals surface area contributed by atoms with E-state index >= 15 is 0 Å². The first kappa shape index (κ1) is 11.8. The van der Waals surface area contributed by atoms with E-state index in [1.165, 1.54) is 0 Å². The number of hydrogen-bond donors (Lipinski definition) is 1. The highest BCUT2D eigenvalue weighted by Crippen LogP contribution is 2.22. The van der Waals surface area contributed by atoms with Gasteiger partial charge in [0.1, 0.15) is 0 Å². The van der Waals surface area contributed by atoms with Crippen LogP contribution in [0.15, 0.2) is 18.2 Å². The van der Waals surface area contributed by atoms with Crippen LogP contribution in [-0.4, -0.2) is 25.0 Å². The van der Waals surface area contributed by atoms with Crippen molar-refractivity contribution >= 4 is 23.2 Å². The lowest BCUT2D eigenvalue weighted by atomic mass is 10.2. The van der Waals surface area contributed by atoms with Crippen molar-refractivity contribution in [2.24, 2.45) is 5.73 Å². The SMILES string of the molecule is CN(CCN)Cc1ccc(Cl)c(Cl)c1. The van der Waals surface area contributed by atoms with E-state index in [2.05, 4.69) is 4.90 Å². The molecule has 0 saturated heterocycles. The molecule has 0 amide bonds. The van der Waals surface area contributed by atoms with Crippen LogP contribution in [0.3, 0.4) is 0 Å². The Balaban J connectivity index is 2.63. The zero-order valence-corrected chi connectivity index (χ0v) is 9.65. The number of rotatable bonds is 4. The van der Waals surface area contributed by atoms with Crippen LogP contribution in [0.5, 0.6) is 0 Å². The van der Waals surface area contributed by atoms with Crippen molar-refractivity contribution in [2.45, 2.75) is 6.54 Å². The van der Waals surface area contributed by atoms with Crippen LogP contribution in [0.2, 0.25) is 10.0 Å². The van der Waals surface area contributed by atoms with E-state index in [1.807, 2.05) is 25.2 Å². The molecule has 78 valence electrons. The lowest BCUT2D eigenvalue weighted by Crippen LogP contribution is -2.24. The standard InChI is InChI=1S/C10H14Cl2N2/c1-14(5-4-13)7-8-2-3-9(11)10(12)6-8/h2-3,6H,4-5,7,13H2,1H3. The summed E-state index contributed by atoms with van der Waals surface area (Å²) >= 11 is 11.7. The quantitative estimate of drug-likeness (QED) is 0.865. The molecule has 4 heteroatoms. The topological polar surface area (TPSA) is 29.3 Å². The molecule has 1 aromatic rings. The van der Waals surface area contributed by atoms with E-state index in [9.17, 15) is 0 Å². The van der Waals surface area contributed by atoms with Gasteiger partial charge in [0.2, 0.25) is 0 Å². The van der Waals surface area contributed by atoms with E-state index in [1.54, 1.807) is 0 Å². The van der Waals surface area contributed by atoms with Crippen molar-refractivity contribution in [1.82, 2.24) is 4.90 Å². The first-order valence-corrected chi connectivity index (χ1v) is 5.21. The van der Waals surface area contributed by atoms with Crippen LogP contribution in [-0.2, 0) is 6.54 Å². The lowest BCUT2D eigenvalue weighted by Gasteiger charge is -2.15. The normalized spacial score (nSPS) is 10.9. The molecular weight excluding hydrogens is 219 g/mol. The summed E-state index contributed by atoms with van der Waals surface area (Å²) in [4.78, 5) is 2.14. The molecule has 0 radical (unpaired) electrons. The Morgan fingerprint density at radius 2 is 2.00 bits per heavy atom. The second kappa shape index (κ2) is 5.56. The fourth-order valence-corrected chi connectivity index (χ4v) is 1.57. The van der Waals surface area contributed by atoms with Gasteiger partial charge < -0.3 is 10.6 Å². The predicted molar refractivity (Wildman–Crippen MR) is 61.9 cm³/mol. The maximum atomic E-state index is 5.90. The molecule has 2 nitrogen and oxygen atoms in total. The first-order chi connectivity index (χ1) is 6.63. The number of nitrogens with two attached hydrogens (primary N) is 1. The highest BCUT2D eigenvalue weighted by atomic mass is 35.5. The molecule has 1 aromatic carbocycles. The average Bonchev–Trinajstić information content (AvgIpc) is 2.12. The molecule has 0 aromatic heterocycles. The van der Waals surface area contributed by atoms with Gasteiger partial charge in [-0.15, -0.1) is 0 Å². The van der Waals surface area contributed by atoms with Crippen molar-refractivity contribution in [3.05, 3.63) is 33.8 Å². The van der Waals surface area contributed by atoms with Crippen LogP contribution in [0.1, 0.15) is 5.56 Å². The molecule has 0 bridgehead atoms. The Labute approximate surface area is 94.6 Å². The second-order valence-corrected chi connectivity index (χ2v) is 4.09. The first-order valence-electron chi connectivity index (χ1n) is 4.46. The van der Waals surface area contributed by atoms with Crippen LogP contribution < -0.4 is 5.73 Å². The molecule has 2 N–H and O–H groups in total. The van der Waals surface area contributed by atoms with Gasteiger partial charge in [-0.1, -0.05) is 29.3 Å². The van der Waals surface area contributed by atoms with Crippen molar-refractivity contribution < 1.29 is 0 Å². The van der Waals surface area contributed by atoms with Gasteiger partial charge in [-0.05, 0) is 24.7 Å². The maximum Gasteiger partial charge on any atom is 0.0595 e. The average molecular weight is 233 g/mol. The van der Waals surface area contributed by atoms with E-state index in [4.69, 9.17) is 28.9 Å². The number of hydrogen-bond acceptors (Lipinski definition) is 2. The minimum atomic E-state index is 0.594. The van der Waals surface area contributed by atoms with Crippen molar-refractivity contribution in [1.29, 1.82) is 0 Å². The van der Waals surface area contributed by atoms with E-state index < -0.39 is 0 Å². The molecule has 0 fully saturated rings. The molecule has 0 aliphatic heterocycles. The fourth-order valence-electron chi connectivity index (χ4n) is 1.25. The number of benzene rings is 1. The highest BCUT2D eigenvalue weighted by Gasteiger charge is 2.02. The third-order valence-electron chi connectivity index (χ3n) is 1.95. The zero-order chi connectivity index (χ0) is 10.6. The Kier molecular flexibility index (Phi) is 4.69. The Bertz CT molecular complexity index is 302. The second-order valence-electron chi connectivity index (χ2n) is 3.27. The summed E-state index contributed by atoms with van der Waals surface area (Å²) in [6, 6.07) is 5.67. The Hall–Kier alpha value is -0.280. The van der Waals surface area contributed by atoms with Gasteiger partial charge >= 0.3 is 0 Å². The van der Waals surface area contributed by atoms with Gasteiger partial charge in [-0.3, -0.25) is 0 Å². The fraction of sp³-hybridized carbons (Fsp3) is 0.400. The Morgan fingerprint density at radius 3 is 2.57 bits per heavy atom. The molecule has 0 aliphatic rings. The van der Waals surface area contributed by atoms with Crippen molar-refractivity contribution in [2.75, 3.05) is 20.1 Å². The molecule has 0 heterocycles. The molecule has 0 aliphatic carbocycles. The summed E-state index contributed by atoms with van der Waals surface area (Å²) in [7, 11) is 2.02. The summed E-state index contributed by atoms with van der Waals surface area (Å²) in [5.41, 5.74) is 6.60. The lowest BCUT2D eigenvalue weighted by molar-refractivity contribution is 0.336. The smallest absolute Gasteiger partial charge is 0.0595 e. The van der Waals surface area contributed by atoms with Crippen molar-refractivity contribution in [3.8, 4) is 0 Å². The summed E-state index contributed by atoms with van der Waals surface area (Å²) in [6.07, 6.45) is 0. The minimum absolute atomic E-state index is 0.594. The highest BCUT2D eigenvalue weighted by molar-refractivity contribution is 6.42. The molecule has 0 spiro atoms. The van der Waals surface area contributed by atoms with Gasteiger partial charge in [0.25, 0.3) is 0 Å². The molecule has 1 rings (SSSR count). The summed E-state index contributed by atoms with van der Waals surface area (Å²) < 4.78 is 0.